The molecule has 1 atom stereocenters. The van der Waals surface area contributed by atoms with Crippen molar-refractivity contribution in [1.82, 2.24) is 0 Å². The number of methoxy groups -OCH3 is 3. The maximum absolute atomic E-state index is 13.2. The first kappa shape index (κ1) is 23.7. The van der Waals surface area contributed by atoms with Gasteiger partial charge in [0, 0.05) is 11.1 Å². The molecule has 0 amide bonds. The van der Waals surface area contributed by atoms with Gasteiger partial charge < -0.3 is 18.9 Å². The molecule has 0 aliphatic rings. The Morgan fingerprint density at radius 3 is 2.13 bits per heavy atom. The summed E-state index contributed by atoms with van der Waals surface area (Å²) in [4.78, 5) is 25.7. The van der Waals surface area contributed by atoms with Gasteiger partial charge in [0.25, 0.3) is 0 Å². The minimum atomic E-state index is -1.06. The summed E-state index contributed by atoms with van der Waals surface area (Å²) >= 11 is 3.47. The summed E-state index contributed by atoms with van der Waals surface area (Å²) in [5, 5.41) is 0. The molecule has 0 fully saturated rings. The molecule has 2 aromatic rings. The molecule has 0 heterocycles. The van der Waals surface area contributed by atoms with Gasteiger partial charge in [-0.15, -0.1) is 0 Å². The molecule has 162 valence electrons. The molecular formula is C23H27BrO6. The van der Waals surface area contributed by atoms with Gasteiger partial charge in [-0.1, -0.05) is 47.5 Å². The highest BCUT2D eigenvalue weighted by atomic mass is 79.9. The molecule has 30 heavy (non-hydrogen) atoms. The van der Waals surface area contributed by atoms with E-state index in [0.717, 1.165) is 12.8 Å². The van der Waals surface area contributed by atoms with Gasteiger partial charge in [0.1, 0.15) is 4.32 Å². The van der Waals surface area contributed by atoms with E-state index in [1.807, 2.05) is 6.92 Å². The third kappa shape index (κ3) is 5.14. The number of alkyl halides is 1. The molecule has 0 saturated carbocycles. The third-order valence-corrected chi connectivity index (χ3v) is 5.49. The highest BCUT2D eigenvalue weighted by Gasteiger charge is 2.34. The van der Waals surface area contributed by atoms with Crippen molar-refractivity contribution in [3.8, 4) is 17.2 Å². The summed E-state index contributed by atoms with van der Waals surface area (Å²) < 4.78 is 20.3. The molecule has 2 aromatic carbocycles. The second-order valence-electron chi connectivity index (χ2n) is 6.82. The molecule has 2 rings (SSSR count). The van der Waals surface area contributed by atoms with Gasteiger partial charge in [-0.05, 0) is 37.1 Å². The summed E-state index contributed by atoms with van der Waals surface area (Å²) in [6.45, 7) is 4.10. The lowest BCUT2D eigenvalue weighted by molar-refractivity contribution is -0.146. The summed E-state index contributed by atoms with van der Waals surface area (Å²) in [5.74, 6) is 0.558. The fourth-order valence-corrected chi connectivity index (χ4v) is 3.25. The van der Waals surface area contributed by atoms with Crippen molar-refractivity contribution in [2.45, 2.75) is 31.0 Å². The number of halogens is 1. The third-order valence-electron chi connectivity index (χ3n) is 4.71. The van der Waals surface area contributed by atoms with E-state index < -0.39 is 10.3 Å². The molecule has 0 aromatic heterocycles. The monoisotopic (exact) mass is 478 g/mol. The Kier molecular flexibility index (Phi) is 8.29. The van der Waals surface area contributed by atoms with Crippen molar-refractivity contribution in [3.63, 3.8) is 0 Å². The van der Waals surface area contributed by atoms with E-state index in [-0.39, 0.29) is 5.78 Å². The van der Waals surface area contributed by atoms with E-state index in [4.69, 9.17) is 18.9 Å². The predicted octanol–water partition coefficient (Wildman–Crippen LogP) is 4.90. The van der Waals surface area contributed by atoms with E-state index in [1.54, 1.807) is 43.3 Å². The SMILES string of the molecule is CCCCOC(=O)C(C)(Br)c1cccc(C(=O)c2cc(OC)c(OC)c(OC)c2)c1. The van der Waals surface area contributed by atoms with Crippen molar-refractivity contribution in [3.05, 3.63) is 53.1 Å². The lowest BCUT2D eigenvalue weighted by Gasteiger charge is -2.22. The summed E-state index contributed by atoms with van der Waals surface area (Å²) in [6.07, 6.45) is 1.74. The number of unbranched alkanes of at least 4 members (excludes halogenated alkanes) is 1. The smallest absolute Gasteiger partial charge is 0.327 e. The van der Waals surface area contributed by atoms with Gasteiger partial charge in [0.2, 0.25) is 5.75 Å². The minimum absolute atomic E-state index is 0.237. The van der Waals surface area contributed by atoms with Gasteiger partial charge in [-0.2, -0.15) is 0 Å². The van der Waals surface area contributed by atoms with E-state index in [0.29, 0.717) is 40.5 Å². The Morgan fingerprint density at radius 2 is 1.60 bits per heavy atom. The van der Waals surface area contributed by atoms with Crippen LogP contribution in [0.2, 0.25) is 0 Å². The van der Waals surface area contributed by atoms with Gasteiger partial charge in [0.05, 0.1) is 27.9 Å². The van der Waals surface area contributed by atoms with Crippen LogP contribution in [0, 0.1) is 0 Å². The lowest BCUT2D eigenvalue weighted by atomic mass is 9.95. The van der Waals surface area contributed by atoms with Crippen LogP contribution >= 0.6 is 15.9 Å². The lowest BCUT2D eigenvalue weighted by Crippen LogP contribution is -2.28. The molecule has 0 saturated heterocycles. The van der Waals surface area contributed by atoms with Crippen LogP contribution in [0.3, 0.4) is 0 Å². The van der Waals surface area contributed by atoms with Crippen molar-refractivity contribution in [2.75, 3.05) is 27.9 Å². The molecule has 0 bridgehead atoms. The number of hydrogen-bond acceptors (Lipinski definition) is 6. The molecule has 7 heteroatoms. The number of carbonyl (C=O) groups excluding carboxylic acids is 2. The maximum atomic E-state index is 13.2. The molecule has 0 radical (unpaired) electrons. The average molecular weight is 479 g/mol. The molecule has 6 nitrogen and oxygen atoms in total. The molecular weight excluding hydrogens is 452 g/mol. The summed E-state index contributed by atoms with van der Waals surface area (Å²) in [5.41, 5.74) is 1.43. The Labute approximate surface area is 185 Å². The minimum Gasteiger partial charge on any atom is -0.493 e. The van der Waals surface area contributed by atoms with Crippen molar-refractivity contribution >= 4 is 27.7 Å². The zero-order valence-corrected chi connectivity index (χ0v) is 19.5. The van der Waals surface area contributed by atoms with Crippen molar-refractivity contribution in [2.24, 2.45) is 0 Å². The van der Waals surface area contributed by atoms with Crippen LogP contribution in [0.15, 0.2) is 36.4 Å². The topological polar surface area (TPSA) is 71.1 Å². The van der Waals surface area contributed by atoms with Crippen molar-refractivity contribution in [1.29, 1.82) is 0 Å². The van der Waals surface area contributed by atoms with E-state index >= 15 is 0 Å². The first-order valence-electron chi connectivity index (χ1n) is 9.61. The largest absolute Gasteiger partial charge is 0.493 e. The first-order chi connectivity index (χ1) is 14.3. The average Bonchev–Trinajstić information content (AvgIpc) is 2.77. The normalized spacial score (nSPS) is 12.6. The van der Waals surface area contributed by atoms with Crippen LogP contribution < -0.4 is 14.2 Å². The second kappa shape index (κ2) is 10.5. The zero-order chi connectivity index (χ0) is 22.3. The molecule has 0 spiro atoms. The molecule has 0 aliphatic carbocycles. The van der Waals surface area contributed by atoms with Gasteiger partial charge >= 0.3 is 5.97 Å². The van der Waals surface area contributed by atoms with Crippen molar-refractivity contribution < 1.29 is 28.5 Å². The Hall–Kier alpha value is -2.54. The number of esters is 1. The highest BCUT2D eigenvalue weighted by Crippen LogP contribution is 2.39. The Balaban J connectivity index is 2.38. The number of benzene rings is 2. The zero-order valence-electron chi connectivity index (χ0n) is 17.9. The number of rotatable bonds is 10. The van der Waals surface area contributed by atoms with Crippen LogP contribution in [0.5, 0.6) is 17.2 Å². The van der Waals surface area contributed by atoms with Crippen LogP contribution in [-0.4, -0.2) is 39.7 Å². The van der Waals surface area contributed by atoms with Crippen LogP contribution in [-0.2, 0) is 13.9 Å². The van der Waals surface area contributed by atoms with E-state index in [9.17, 15) is 9.59 Å². The Bertz CT molecular complexity index is 881. The van der Waals surface area contributed by atoms with Gasteiger partial charge in [-0.3, -0.25) is 9.59 Å². The van der Waals surface area contributed by atoms with Crippen LogP contribution in [0.4, 0.5) is 0 Å². The summed E-state index contributed by atoms with van der Waals surface area (Å²) in [7, 11) is 4.49. The Morgan fingerprint density at radius 1 is 0.967 bits per heavy atom. The number of hydrogen-bond donors (Lipinski definition) is 0. The first-order valence-corrected chi connectivity index (χ1v) is 10.4. The van der Waals surface area contributed by atoms with E-state index in [1.165, 1.54) is 21.3 Å². The van der Waals surface area contributed by atoms with Gasteiger partial charge in [-0.25, -0.2) is 0 Å². The molecule has 1 unspecified atom stereocenters. The fraction of sp³-hybridized carbons (Fsp3) is 0.391. The second-order valence-corrected chi connectivity index (χ2v) is 8.40. The molecule has 0 aliphatic heterocycles. The number of ether oxygens (including phenoxy) is 4. The summed E-state index contributed by atoms with van der Waals surface area (Å²) in [6, 6.07) is 10.1. The maximum Gasteiger partial charge on any atom is 0.327 e. The number of carbonyl (C=O) groups is 2. The number of ketones is 1. The molecule has 0 N–H and O–H groups in total. The highest BCUT2D eigenvalue weighted by molar-refractivity contribution is 9.10. The standard InChI is InChI=1S/C23H27BrO6/c1-6-7-11-30-22(26)23(2,24)17-10-8-9-15(12-17)20(25)16-13-18(27-3)21(29-5)19(14-16)28-4/h8-10,12-14H,6-7,11H2,1-5H3. The quantitative estimate of drug-likeness (QED) is 0.209. The van der Waals surface area contributed by atoms with Gasteiger partial charge in [0.15, 0.2) is 17.3 Å². The van der Waals surface area contributed by atoms with Crippen LogP contribution in [0.25, 0.3) is 0 Å². The predicted molar refractivity (Wildman–Crippen MR) is 118 cm³/mol. The van der Waals surface area contributed by atoms with Crippen LogP contribution in [0.1, 0.15) is 48.2 Å². The van der Waals surface area contributed by atoms with E-state index in [2.05, 4.69) is 15.9 Å². The fourth-order valence-electron chi connectivity index (χ4n) is 2.89.